The van der Waals surface area contributed by atoms with E-state index >= 15 is 0 Å². The normalized spacial score (nSPS) is 15.1. The second-order valence-corrected chi connectivity index (χ2v) is 10.4. The van der Waals surface area contributed by atoms with Gasteiger partial charge in [-0.3, -0.25) is 4.79 Å². The first-order chi connectivity index (χ1) is 16.9. The third-order valence-electron chi connectivity index (χ3n) is 7.10. The third kappa shape index (κ3) is 3.66. The highest BCUT2D eigenvalue weighted by Crippen LogP contribution is 2.25. The van der Waals surface area contributed by atoms with Gasteiger partial charge in [-0.05, 0) is 92.9 Å². The number of ether oxygens (including phenoxy) is 1. The number of aromatic nitrogens is 3. The monoisotopic (exact) mass is 484 g/mol. The van der Waals surface area contributed by atoms with E-state index in [4.69, 9.17) is 9.72 Å². The number of benzene rings is 2. The SMILES string of the molecule is Cc1cc2nc3s/c(=C\c4cc(C)n(-c5ccc(N6CCOCC6)cc5)c4C)c(=O)n3c2cc1C. The molecule has 178 valence electrons. The molecule has 0 saturated carbocycles. The molecule has 0 unspecified atom stereocenters. The van der Waals surface area contributed by atoms with E-state index in [1.54, 1.807) is 4.40 Å². The maximum atomic E-state index is 13.3. The van der Waals surface area contributed by atoms with Crippen molar-refractivity contribution < 1.29 is 4.74 Å². The number of rotatable bonds is 3. The molecule has 1 saturated heterocycles. The third-order valence-corrected chi connectivity index (χ3v) is 8.06. The van der Waals surface area contributed by atoms with Crippen molar-refractivity contribution in [1.82, 2.24) is 14.0 Å². The van der Waals surface area contributed by atoms with E-state index in [2.05, 4.69) is 79.6 Å². The molecule has 0 aliphatic carbocycles. The largest absolute Gasteiger partial charge is 0.378 e. The van der Waals surface area contributed by atoms with Crippen LogP contribution in [0.2, 0.25) is 0 Å². The summed E-state index contributed by atoms with van der Waals surface area (Å²) in [7, 11) is 0. The number of hydrogen-bond donors (Lipinski definition) is 0. The molecular formula is C28H28N4O2S. The zero-order chi connectivity index (χ0) is 24.3. The van der Waals surface area contributed by atoms with Crippen LogP contribution in [-0.4, -0.2) is 40.3 Å². The first-order valence-corrected chi connectivity index (χ1v) is 12.8. The molecule has 1 fully saturated rings. The summed E-state index contributed by atoms with van der Waals surface area (Å²) in [6.07, 6.45) is 2.01. The van der Waals surface area contributed by atoms with Gasteiger partial charge in [0.2, 0.25) is 0 Å². The van der Waals surface area contributed by atoms with Crippen molar-refractivity contribution in [3.05, 3.63) is 85.4 Å². The highest BCUT2D eigenvalue weighted by atomic mass is 32.1. The Bertz CT molecular complexity index is 1690. The summed E-state index contributed by atoms with van der Waals surface area (Å²) in [6, 6.07) is 15.0. The molecule has 0 radical (unpaired) electrons. The number of thiazole rings is 1. The van der Waals surface area contributed by atoms with E-state index in [-0.39, 0.29) is 5.56 Å². The van der Waals surface area contributed by atoms with E-state index in [0.717, 1.165) is 64.9 Å². The van der Waals surface area contributed by atoms with Gasteiger partial charge >= 0.3 is 0 Å². The molecule has 2 aromatic carbocycles. The summed E-state index contributed by atoms with van der Waals surface area (Å²) >= 11 is 1.45. The Morgan fingerprint density at radius 2 is 1.63 bits per heavy atom. The van der Waals surface area contributed by atoms with Gasteiger partial charge in [-0.15, -0.1) is 0 Å². The zero-order valence-electron chi connectivity index (χ0n) is 20.5. The Labute approximate surface area is 207 Å². The van der Waals surface area contributed by atoms with Crippen molar-refractivity contribution in [2.45, 2.75) is 27.7 Å². The van der Waals surface area contributed by atoms with Crippen molar-refractivity contribution in [2.24, 2.45) is 0 Å². The Morgan fingerprint density at radius 1 is 0.943 bits per heavy atom. The quantitative estimate of drug-likeness (QED) is 0.383. The molecule has 0 N–H and O–H groups in total. The van der Waals surface area contributed by atoms with E-state index in [1.807, 2.05) is 6.08 Å². The Morgan fingerprint density at radius 3 is 2.37 bits per heavy atom. The summed E-state index contributed by atoms with van der Waals surface area (Å²) in [6.45, 7) is 11.8. The second-order valence-electron chi connectivity index (χ2n) is 9.35. The molecule has 1 aliphatic rings. The van der Waals surface area contributed by atoms with E-state index in [1.165, 1.54) is 28.2 Å². The lowest BCUT2D eigenvalue weighted by atomic mass is 10.1. The maximum Gasteiger partial charge on any atom is 0.274 e. The van der Waals surface area contributed by atoms with Gasteiger partial charge in [-0.25, -0.2) is 9.38 Å². The smallest absolute Gasteiger partial charge is 0.274 e. The van der Waals surface area contributed by atoms with Crippen molar-refractivity contribution in [3.63, 3.8) is 0 Å². The summed E-state index contributed by atoms with van der Waals surface area (Å²) in [5.74, 6) is 0. The Hall–Kier alpha value is -3.42. The highest BCUT2D eigenvalue weighted by molar-refractivity contribution is 7.15. The lowest BCUT2D eigenvalue weighted by molar-refractivity contribution is 0.122. The molecule has 0 bridgehead atoms. The van der Waals surface area contributed by atoms with Crippen molar-refractivity contribution in [1.29, 1.82) is 0 Å². The second kappa shape index (κ2) is 8.36. The number of anilines is 1. The van der Waals surface area contributed by atoms with Crippen LogP contribution in [0.15, 0.2) is 47.3 Å². The topological polar surface area (TPSA) is 51.8 Å². The first kappa shape index (κ1) is 22.1. The fraction of sp³-hybridized carbons (Fsp3) is 0.286. The molecule has 1 aliphatic heterocycles. The van der Waals surface area contributed by atoms with Gasteiger partial charge in [0, 0.05) is 35.9 Å². The van der Waals surface area contributed by atoms with Gasteiger partial charge in [-0.1, -0.05) is 11.3 Å². The van der Waals surface area contributed by atoms with Crippen LogP contribution in [0.1, 0.15) is 28.1 Å². The molecule has 5 aromatic rings. The van der Waals surface area contributed by atoms with Crippen LogP contribution in [0.25, 0.3) is 27.8 Å². The Balaban J connectivity index is 1.40. The summed E-state index contributed by atoms with van der Waals surface area (Å²) < 4.78 is 10.2. The van der Waals surface area contributed by atoms with Gasteiger partial charge in [0.1, 0.15) is 0 Å². The van der Waals surface area contributed by atoms with Crippen molar-refractivity contribution >= 4 is 39.1 Å². The molecule has 6 nitrogen and oxygen atoms in total. The Kier molecular flexibility index (Phi) is 5.27. The predicted molar refractivity (Wildman–Crippen MR) is 143 cm³/mol. The van der Waals surface area contributed by atoms with Crippen LogP contribution in [0.3, 0.4) is 0 Å². The number of imidazole rings is 1. The van der Waals surface area contributed by atoms with Crippen LogP contribution in [0, 0.1) is 27.7 Å². The summed E-state index contributed by atoms with van der Waals surface area (Å²) in [4.78, 5) is 21.2. The fourth-order valence-electron chi connectivity index (χ4n) is 5.02. The zero-order valence-corrected chi connectivity index (χ0v) is 21.3. The van der Waals surface area contributed by atoms with Crippen LogP contribution in [-0.2, 0) is 4.74 Å². The first-order valence-electron chi connectivity index (χ1n) is 12.0. The average Bonchev–Trinajstić information content (AvgIpc) is 3.45. The van der Waals surface area contributed by atoms with Crippen LogP contribution in [0.5, 0.6) is 0 Å². The molecule has 4 heterocycles. The van der Waals surface area contributed by atoms with Crippen molar-refractivity contribution in [3.8, 4) is 5.69 Å². The minimum Gasteiger partial charge on any atom is -0.378 e. The van der Waals surface area contributed by atoms with Gasteiger partial charge in [-0.2, -0.15) is 0 Å². The lowest BCUT2D eigenvalue weighted by Crippen LogP contribution is -2.36. The lowest BCUT2D eigenvalue weighted by Gasteiger charge is -2.29. The van der Waals surface area contributed by atoms with Crippen LogP contribution in [0.4, 0.5) is 5.69 Å². The molecule has 0 atom stereocenters. The van der Waals surface area contributed by atoms with Crippen LogP contribution < -0.4 is 15.0 Å². The molecule has 0 spiro atoms. The summed E-state index contributed by atoms with van der Waals surface area (Å²) in [5.41, 5.74) is 9.76. The predicted octanol–water partition coefficient (Wildman–Crippen LogP) is 4.32. The van der Waals surface area contributed by atoms with Gasteiger partial charge in [0.05, 0.1) is 28.8 Å². The van der Waals surface area contributed by atoms with Gasteiger partial charge < -0.3 is 14.2 Å². The van der Waals surface area contributed by atoms with Crippen LogP contribution >= 0.6 is 11.3 Å². The fourth-order valence-corrected chi connectivity index (χ4v) is 6.00. The standard InChI is InChI=1S/C28H28N4O2S/c1-17-13-24-25(14-18(17)2)32-27(33)26(35-28(32)29-24)16-21-15-19(3)31(20(21)4)23-7-5-22(6-8-23)30-9-11-34-12-10-30/h5-8,13-16H,9-12H2,1-4H3/b26-16-. The van der Waals surface area contributed by atoms with E-state index < -0.39 is 0 Å². The molecule has 35 heavy (non-hydrogen) atoms. The van der Waals surface area contributed by atoms with E-state index in [9.17, 15) is 4.79 Å². The van der Waals surface area contributed by atoms with Crippen molar-refractivity contribution in [2.75, 3.05) is 31.2 Å². The number of fused-ring (bicyclic) bond motifs is 3. The number of morpholine rings is 1. The molecular weight excluding hydrogens is 456 g/mol. The summed E-state index contributed by atoms with van der Waals surface area (Å²) in [5, 5.41) is 0. The minimum absolute atomic E-state index is 0.00424. The molecule has 3 aromatic heterocycles. The van der Waals surface area contributed by atoms with Gasteiger partial charge in [0.15, 0.2) is 4.96 Å². The minimum atomic E-state index is -0.00424. The van der Waals surface area contributed by atoms with Gasteiger partial charge in [0.25, 0.3) is 5.56 Å². The number of aryl methyl sites for hydroxylation is 3. The van der Waals surface area contributed by atoms with E-state index in [0.29, 0.717) is 4.53 Å². The highest BCUT2D eigenvalue weighted by Gasteiger charge is 2.15. The molecule has 7 heteroatoms. The average molecular weight is 485 g/mol. The number of hydrogen-bond acceptors (Lipinski definition) is 5. The molecule has 0 amide bonds. The maximum absolute atomic E-state index is 13.3. The number of nitrogens with zero attached hydrogens (tertiary/aromatic N) is 4. The molecule has 6 rings (SSSR count).